The van der Waals surface area contributed by atoms with Gasteiger partial charge in [-0.3, -0.25) is 14.9 Å². The fourth-order valence-electron chi connectivity index (χ4n) is 2.38. The van der Waals surface area contributed by atoms with Crippen molar-refractivity contribution in [3.8, 4) is 0 Å². The predicted octanol–water partition coefficient (Wildman–Crippen LogP) is 2.20. The highest BCUT2D eigenvalue weighted by Gasteiger charge is 2.17. The van der Waals surface area contributed by atoms with E-state index >= 15 is 0 Å². The van der Waals surface area contributed by atoms with Crippen LogP contribution in [0, 0.1) is 10.1 Å². The first-order valence-corrected chi connectivity index (χ1v) is 7.34. The van der Waals surface area contributed by atoms with E-state index < -0.39 is 10.9 Å². The van der Waals surface area contributed by atoms with Crippen LogP contribution in [0.3, 0.4) is 0 Å². The number of hydrogen-bond donors (Lipinski definition) is 0. The number of aryl methyl sites for hydroxylation is 1. The summed E-state index contributed by atoms with van der Waals surface area (Å²) in [5, 5.41) is 15.4. The molecule has 0 saturated heterocycles. The Balaban J connectivity index is 1.84. The molecule has 0 saturated carbocycles. The topological polar surface area (TPSA) is 104 Å². The summed E-state index contributed by atoms with van der Waals surface area (Å²) in [5.74, 6) is -0.676. The molecule has 0 bridgehead atoms. The zero-order valence-corrected chi connectivity index (χ0v) is 13.2. The van der Waals surface area contributed by atoms with Gasteiger partial charge in [-0.15, -0.1) is 0 Å². The lowest BCUT2D eigenvalue weighted by atomic mass is 10.1. The number of benzene rings is 2. The molecule has 1 heterocycles. The summed E-state index contributed by atoms with van der Waals surface area (Å²) in [6.45, 7) is -0.0598. The molecule has 0 radical (unpaired) electrons. The summed E-state index contributed by atoms with van der Waals surface area (Å²) in [6, 6.07) is 12.4. The Morgan fingerprint density at radius 1 is 1.16 bits per heavy atom. The van der Waals surface area contributed by atoms with E-state index in [1.165, 1.54) is 31.3 Å². The number of nitrogens with zero attached hydrogens (tertiary/aromatic N) is 3. The Hall–Kier alpha value is -3.55. The molecule has 0 N–H and O–H groups in total. The zero-order chi connectivity index (χ0) is 18.0. The van der Waals surface area contributed by atoms with Crippen LogP contribution in [0.1, 0.15) is 16.1 Å². The third-order valence-corrected chi connectivity index (χ3v) is 3.67. The van der Waals surface area contributed by atoms with Crippen molar-refractivity contribution in [1.82, 2.24) is 9.78 Å². The van der Waals surface area contributed by atoms with Gasteiger partial charge in [0.2, 0.25) is 0 Å². The smallest absolute Gasteiger partial charge is 0.359 e. The van der Waals surface area contributed by atoms with Crippen LogP contribution < -0.4 is 5.56 Å². The van der Waals surface area contributed by atoms with Gasteiger partial charge in [0, 0.05) is 24.6 Å². The van der Waals surface area contributed by atoms with Crippen molar-refractivity contribution in [1.29, 1.82) is 0 Å². The molecule has 0 aliphatic carbocycles. The molecule has 8 heteroatoms. The normalized spacial score (nSPS) is 10.6. The van der Waals surface area contributed by atoms with Gasteiger partial charge in [-0.25, -0.2) is 9.48 Å². The molecule has 0 aliphatic heterocycles. The van der Waals surface area contributed by atoms with Crippen molar-refractivity contribution in [3.05, 3.63) is 80.3 Å². The summed E-state index contributed by atoms with van der Waals surface area (Å²) in [4.78, 5) is 34.6. The average molecular weight is 339 g/mol. The molecule has 2 aromatic carbocycles. The molecule has 8 nitrogen and oxygen atoms in total. The number of carbonyl (C=O) groups excluding carboxylic acids is 1. The molecule has 0 unspecified atom stereocenters. The van der Waals surface area contributed by atoms with E-state index in [0.29, 0.717) is 16.3 Å². The second kappa shape index (κ2) is 6.52. The number of nitro benzene ring substituents is 1. The van der Waals surface area contributed by atoms with Crippen molar-refractivity contribution < 1.29 is 14.5 Å². The van der Waals surface area contributed by atoms with Gasteiger partial charge in [0.25, 0.3) is 11.2 Å². The van der Waals surface area contributed by atoms with Gasteiger partial charge in [-0.1, -0.05) is 18.2 Å². The maximum Gasteiger partial charge on any atom is 0.359 e. The lowest BCUT2D eigenvalue weighted by molar-refractivity contribution is -0.384. The Bertz CT molecular complexity index is 1020. The van der Waals surface area contributed by atoms with Crippen LogP contribution in [0.5, 0.6) is 0 Å². The highest BCUT2D eigenvalue weighted by Crippen LogP contribution is 2.16. The van der Waals surface area contributed by atoms with Gasteiger partial charge in [0.15, 0.2) is 5.69 Å². The number of nitro groups is 1. The molecule has 0 atom stereocenters. The van der Waals surface area contributed by atoms with Gasteiger partial charge >= 0.3 is 5.97 Å². The molecule has 0 aliphatic rings. The molecular formula is C17H13N3O5. The highest BCUT2D eigenvalue weighted by molar-refractivity contribution is 6.02. The van der Waals surface area contributed by atoms with E-state index in [9.17, 15) is 19.7 Å². The zero-order valence-electron chi connectivity index (χ0n) is 13.2. The van der Waals surface area contributed by atoms with Crippen LogP contribution in [0.15, 0.2) is 53.3 Å². The molecule has 25 heavy (non-hydrogen) atoms. The van der Waals surface area contributed by atoms with E-state index in [1.54, 1.807) is 24.3 Å². The third kappa shape index (κ3) is 3.23. The van der Waals surface area contributed by atoms with Crippen LogP contribution in [0.25, 0.3) is 10.8 Å². The Kier molecular flexibility index (Phi) is 4.25. The Morgan fingerprint density at radius 3 is 2.44 bits per heavy atom. The van der Waals surface area contributed by atoms with Gasteiger partial charge in [-0.2, -0.15) is 5.10 Å². The quantitative estimate of drug-likeness (QED) is 0.410. The summed E-state index contributed by atoms with van der Waals surface area (Å²) >= 11 is 0. The molecule has 1 aromatic heterocycles. The standard InChI is InChI=1S/C17H13N3O5/c1-19-16(21)14-5-3-2-4-13(14)15(18-19)17(22)25-10-11-6-8-12(9-7-11)20(23)24/h2-9H,10H2,1H3. The SMILES string of the molecule is Cn1nc(C(=O)OCc2ccc([N+](=O)[O-])cc2)c2ccccc2c1=O. The molecule has 126 valence electrons. The summed E-state index contributed by atoms with van der Waals surface area (Å²) in [5.41, 5.74) is 0.302. The maximum absolute atomic E-state index is 12.4. The predicted molar refractivity (Wildman–Crippen MR) is 89.2 cm³/mol. The van der Waals surface area contributed by atoms with E-state index in [4.69, 9.17) is 4.74 Å². The lowest BCUT2D eigenvalue weighted by Crippen LogP contribution is -2.23. The second-order valence-corrected chi connectivity index (χ2v) is 5.32. The van der Waals surface area contributed by atoms with Crippen LogP contribution in [0.2, 0.25) is 0 Å². The number of fused-ring (bicyclic) bond motifs is 1. The number of carbonyl (C=O) groups is 1. The Morgan fingerprint density at radius 2 is 1.80 bits per heavy atom. The van der Waals surface area contributed by atoms with Gasteiger partial charge in [0.05, 0.1) is 10.3 Å². The fraction of sp³-hybridized carbons (Fsp3) is 0.118. The number of hydrogen-bond acceptors (Lipinski definition) is 6. The first kappa shape index (κ1) is 16.3. The van der Waals surface area contributed by atoms with Crippen molar-refractivity contribution >= 4 is 22.4 Å². The minimum absolute atomic E-state index is 0.0409. The van der Waals surface area contributed by atoms with Crippen molar-refractivity contribution in [2.24, 2.45) is 7.05 Å². The molecule has 3 rings (SSSR count). The molecule has 3 aromatic rings. The number of esters is 1. The summed E-state index contributed by atoms with van der Waals surface area (Å²) < 4.78 is 6.32. The lowest BCUT2D eigenvalue weighted by Gasteiger charge is -2.08. The average Bonchev–Trinajstić information content (AvgIpc) is 2.63. The number of non-ortho nitro benzene ring substituents is 1. The van der Waals surface area contributed by atoms with Gasteiger partial charge in [0.1, 0.15) is 6.61 Å². The highest BCUT2D eigenvalue weighted by atomic mass is 16.6. The Labute approximate surface area is 141 Å². The largest absolute Gasteiger partial charge is 0.456 e. The van der Waals surface area contributed by atoms with Crippen molar-refractivity contribution in [2.45, 2.75) is 6.61 Å². The number of aromatic nitrogens is 2. The van der Waals surface area contributed by atoms with Crippen LogP contribution in [0.4, 0.5) is 5.69 Å². The van der Waals surface area contributed by atoms with Gasteiger partial charge in [-0.05, 0) is 23.8 Å². The summed E-state index contributed by atoms with van der Waals surface area (Å²) in [7, 11) is 1.46. The first-order chi connectivity index (χ1) is 12.0. The monoisotopic (exact) mass is 339 g/mol. The molecule has 0 spiro atoms. The van der Waals surface area contributed by atoms with Crippen LogP contribution in [-0.4, -0.2) is 20.7 Å². The fourth-order valence-corrected chi connectivity index (χ4v) is 2.38. The number of ether oxygens (including phenoxy) is 1. The summed E-state index contributed by atoms with van der Waals surface area (Å²) in [6.07, 6.45) is 0. The molecule has 0 fully saturated rings. The minimum atomic E-state index is -0.676. The van der Waals surface area contributed by atoms with E-state index in [0.717, 1.165) is 4.68 Å². The first-order valence-electron chi connectivity index (χ1n) is 7.34. The third-order valence-electron chi connectivity index (χ3n) is 3.67. The van der Waals surface area contributed by atoms with Crippen molar-refractivity contribution in [3.63, 3.8) is 0 Å². The van der Waals surface area contributed by atoms with E-state index in [1.807, 2.05) is 0 Å². The van der Waals surface area contributed by atoms with Crippen LogP contribution >= 0.6 is 0 Å². The second-order valence-electron chi connectivity index (χ2n) is 5.32. The van der Waals surface area contributed by atoms with E-state index in [2.05, 4.69) is 5.10 Å². The minimum Gasteiger partial charge on any atom is -0.456 e. The number of rotatable bonds is 4. The molecule has 0 amide bonds. The van der Waals surface area contributed by atoms with Gasteiger partial charge < -0.3 is 4.74 Å². The van der Waals surface area contributed by atoms with Crippen LogP contribution in [-0.2, 0) is 18.4 Å². The van der Waals surface area contributed by atoms with E-state index in [-0.39, 0.29) is 23.5 Å². The maximum atomic E-state index is 12.4. The molecular weight excluding hydrogens is 326 g/mol. The van der Waals surface area contributed by atoms with Crippen molar-refractivity contribution in [2.75, 3.05) is 0 Å².